The van der Waals surface area contributed by atoms with Crippen LogP contribution < -0.4 is 5.32 Å². The first-order valence-electron chi connectivity index (χ1n) is 6.67. The standard InChI is InChI=1S/C15H17NO3/c17-13(10-4-2-1-3-5-10)16-12-8-15(9-12)6-11(7-15)14(18)19/h1-5,11-12H,6-9H2,(H,16,17)(H,18,19). The Morgan fingerprint density at radius 1 is 1.11 bits per heavy atom. The van der Waals surface area contributed by atoms with E-state index in [1.807, 2.05) is 18.2 Å². The molecular formula is C15H17NO3. The van der Waals surface area contributed by atoms with Crippen molar-refractivity contribution in [3.63, 3.8) is 0 Å². The molecule has 0 atom stereocenters. The Morgan fingerprint density at radius 3 is 2.32 bits per heavy atom. The molecule has 0 aromatic heterocycles. The molecule has 2 saturated carbocycles. The number of hydrogen-bond acceptors (Lipinski definition) is 2. The summed E-state index contributed by atoms with van der Waals surface area (Å²) in [4.78, 5) is 22.7. The Hall–Kier alpha value is -1.84. The highest BCUT2D eigenvalue weighted by Gasteiger charge is 2.55. The lowest BCUT2D eigenvalue weighted by Crippen LogP contribution is -2.57. The molecule has 2 fully saturated rings. The van der Waals surface area contributed by atoms with Crippen molar-refractivity contribution in [1.82, 2.24) is 5.32 Å². The maximum absolute atomic E-state index is 11.9. The molecule has 1 aromatic rings. The Labute approximate surface area is 111 Å². The van der Waals surface area contributed by atoms with Crippen molar-refractivity contribution in [2.45, 2.75) is 31.7 Å². The molecule has 0 bridgehead atoms. The van der Waals surface area contributed by atoms with Gasteiger partial charge in [0.05, 0.1) is 5.92 Å². The third-order valence-corrected chi connectivity index (χ3v) is 4.44. The van der Waals surface area contributed by atoms with E-state index in [0.29, 0.717) is 5.56 Å². The molecule has 0 saturated heterocycles. The number of benzene rings is 1. The number of hydrogen-bond donors (Lipinski definition) is 2. The van der Waals surface area contributed by atoms with Crippen molar-refractivity contribution >= 4 is 11.9 Å². The molecule has 1 amide bonds. The minimum atomic E-state index is -0.678. The Bertz CT molecular complexity index is 497. The van der Waals surface area contributed by atoms with Gasteiger partial charge in [0.15, 0.2) is 0 Å². The lowest BCUT2D eigenvalue weighted by atomic mass is 9.50. The van der Waals surface area contributed by atoms with Gasteiger partial charge in [-0.15, -0.1) is 0 Å². The van der Waals surface area contributed by atoms with Gasteiger partial charge in [-0.05, 0) is 43.2 Å². The van der Waals surface area contributed by atoms with E-state index < -0.39 is 5.97 Å². The predicted octanol–water partition coefficient (Wildman–Crippen LogP) is 2.06. The van der Waals surface area contributed by atoms with Crippen molar-refractivity contribution in [1.29, 1.82) is 0 Å². The van der Waals surface area contributed by atoms with Crippen LogP contribution in [0.2, 0.25) is 0 Å². The molecular weight excluding hydrogens is 242 g/mol. The van der Waals surface area contributed by atoms with Crippen LogP contribution in [0, 0.1) is 11.3 Å². The zero-order valence-electron chi connectivity index (χ0n) is 10.6. The summed E-state index contributed by atoms with van der Waals surface area (Å²) in [6, 6.07) is 9.39. The first-order chi connectivity index (χ1) is 9.08. The summed E-state index contributed by atoms with van der Waals surface area (Å²) in [6.07, 6.45) is 3.41. The monoisotopic (exact) mass is 259 g/mol. The molecule has 2 aliphatic rings. The van der Waals surface area contributed by atoms with Crippen molar-refractivity contribution in [2.75, 3.05) is 0 Å². The molecule has 2 aliphatic carbocycles. The Morgan fingerprint density at radius 2 is 1.74 bits per heavy atom. The van der Waals surface area contributed by atoms with Crippen LogP contribution >= 0.6 is 0 Å². The van der Waals surface area contributed by atoms with E-state index in [1.54, 1.807) is 12.1 Å². The summed E-state index contributed by atoms with van der Waals surface area (Å²) in [7, 11) is 0. The molecule has 19 heavy (non-hydrogen) atoms. The van der Waals surface area contributed by atoms with Gasteiger partial charge in [-0.1, -0.05) is 18.2 Å². The Balaban J connectivity index is 1.48. The molecule has 0 aliphatic heterocycles. The summed E-state index contributed by atoms with van der Waals surface area (Å²) in [6.45, 7) is 0. The smallest absolute Gasteiger partial charge is 0.306 e. The van der Waals surface area contributed by atoms with Gasteiger partial charge in [-0.2, -0.15) is 0 Å². The largest absolute Gasteiger partial charge is 0.481 e. The van der Waals surface area contributed by atoms with Crippen molar-refractivity contribution < 1.29 is 14.7 Å². The van der Waals surface area contributed by atoms with E-state index in [4.69, 9.17) is 5.11 Å². The van der Waals surface area contributed by atoms with E-state index in [2.05, 4.69) is 5.32 Å². The average molecular weight is 259 g/mol. The second-order valence-corrected chi connectivity index (χ2v) is 5.89. The van der Waals surface area contributed by atoms with Gasteiger partial charge < -0.3 is 10.4 Å². The molecule has 4 heteroatoms. The van der Waals surface area contributed by atoms with Crippen molar-refractivity contribution in [3.8, 4) is 0 Å². The van der Waals surface area contributed by atoms with Crippen molar-refractivity contribution in [3.05, 3.63) is 35.9 Å². The molecule has 0 heterocycles. The maximum atomic E-state index is 11.9. The number of amides is 1. The van der Waals surface area contributed by atoms with Gasteiger partial charge in [-0.3, -0.25) is 9.59 Å². The highest BCUT2D eigenvalue weighted by molar-refractivity contribution is 5.94. The topological polar surface area (TPSA) is 66.4 Å². The highest BCUT2D eigenvalue weighted by atomic mass is 16.4. The van der Waals surface area contributed by atoms with Crippen LogP contribution in [0.5, 0.6) is 0 Å². The number of nitrogens with one attached hydrogen (secondary N) is 1. The molecule has 0 unspecified atom stereocenters. The third-order valence-electron chi connectivity index (χ3n) is 4.44. The lowest BCUT2D eigenvalue weighted by Gasteiger charge is -2.56. The zero-order chi connectivity index (χ0) is 13.5. The fourth-order valence-corrected chi connectivity index (χ4v) is 3.44. The van der Waals surface area contributed by atoms with E-state index in [0.717, 1.165) is 25.7 Å². The summed E-state index contributed by atoms with van der Waals surface area (Å²) >= 11 is 0. The molecule has 4 nitrogen and oxygen atoms in total. The second kappa shape index (κ2) is 4.37. The van der Waals surface area contributed by atoms with E-state index in [-0.39, 0.29) is 23.3 Å². The third kappa shape index (κ3) is 2.23. The lowest BCUT2D eigenvalue weighted by molar-refractivity contribution is -0.155. The molecule has 1 spiro atoms. The predicted molar refractivity (Wildman–Crippen MR) is 69.7 cm³/mol. The molecule has 2 N–H and O–H groups in total. The number of carbonyl (C=O) groups excluding carboxylic acids is 1. The van der Waals surface area contributed by atoms with Crippen LogP contribution in [0.15, 0.2) is 30.3 Å². The molecule has 100 valence electrons. The number of rotatable bonds is 3. The average Bonchev–Trinajstić information content (AvgIpc) is 2.30. The number of carboxylic acid groups (broad SMARTS) is 1. The van der Waals surface area contributed by atoms with Crippen LogP contribution in [0.3, 0.4) is 0 Å². The van der Waals surface area contributed by atoms with Gasteiger partial charge >= 0.3 is 5.97 Å². The first-order valence-corrected chi connectivity index (χ1v) is 6.67. The van der Waals surface area contributed by atoms with Gasteiger partial charge in [0.25, 0.3) is 5.91 Å². The maximum Gasteiger partial charge on any atom is 0.306 e. The minimum absolute atomic E-state index is 0.0328. The second-order valence-electron chi connectivity index (χ2n) is 5.89. The highest BCUT2D eigenvalue weighted by Crippen LogP contribution is 2.58. The van der Waals surface area contributed by atoms with Crippen LogP contribution in [-0.4, -0.2) is 23.0 Å². The number of aliphatic carboxylic acids is 1. The first kappa shape index (κ1) is 12.2. The SMILES string of the molecule is O=C(NC1CC2(C1)CC(C(=O)O)C2)c1ccccc1. The van der Waals surface area contributed by atoms with Gasteiger partial charge in [0.1, 0.15) is 0 Å². The summed E-state index contributed by atoms with van der Waals surface area (Å²) in [5.41, 5.74) is 0.887. The van der Waals surface area contributed by atoms with Gasteiger partial charge in [-0.25, -0.2) is 0 Å². The molecule has 0 radical (unpaired) electrons. The van der Waals surface area contributed by atoms with Crippen LogP contribution in [-0.2, 0) is 4.79 Å². The van der Waals surface area contributed by atoms with E-state index in [1.165, 1.54) is 0 Å². The quantitative estimate of drug-likeness (QED) is 0.873. The van der Waals surface area contributed by atoms with Crippen LogP contribution in [0.25, 0.3) is 0 Å². The van der Waals surface area contributed by atoms with Crippen molar-refractivity contribution in [2.24, 2.45) is 11.3 Å². The fraction of sp³-hybridized carbons (Fsp3) is 0.467. The summed E-state index contributed by atoms with van der Waals surface area (Å²) in [5.74, 6) is -0.872. The van der Waals surface area contributed by atoms with E-state index >= 15 is 0 Å². The summed E-state index contributed by atoms with van der Waals surface area (Å²) in [5, 5.41) is 11.9. The van der Waals surface area contributed by atoms with Gasteiger partial charge in [0.2, 0.25) is 0 Å². The molecule has 3 rings (SSSR count). The minimum Gasteiger partial charge on any atom is -0.481 e. The van der Waals surface area contributed by atoms with Crippen LogP contribution in [0.4, 0.5) is 0 Å². The number of carboxylic acids is 1. The fourth-order valence-electron chi connectivity index (χ4n) is 3.44. The normalized spacial score (nSPS) is 32.2. The van der Waals surface area contributed by atoms with Gasteiger partial charge in [0, 0.05) is 11.6 Å². The number of carbonyl (C=O) groups is 2. The van der Waals surface area contributed by atoms with Crippen LogP contribution in [0.1, 0.15) is 36.0 Å². The Kier molecular flexibility index (Phi) is 2.81. The van der Waals surface area contributed by atoms with E-state index in [9.17, 15) is 9.59 Å². The molecule has 1 aromatic carbocycles. The summed E-state index contributed by atoms with van der Waals surface area (Å²) < 4.78 is 0. The zero-order valence-corrected chi connectivity index (χ0v) is 10.6.